The summed E-state index contributed by atoms with van der Waals surface area (Å²) in [5.41, 5.74) is 27.3. The molecule has 0 saturated carbocycles. The highest BCUT2D eigenvalue weighted by Gasteiger charge is 2.51. The number of hydrogen-bond donors (Lipinski definition) is 15. The molecule has 38 nitrogen and oxygen atoms in total. The van der Waals surface area contributed by atoms with Gasteiger partial charge in [0.15, 0.2) is 70.8 Å². The van der Waals surface area contributed by atoms with Gasteiger partial charge in [0.1, 0.15) is 101 Å². The maximum Gasteiger partial charge on any atom is 0.397 e. The zero-order valence-corrected chi connectivity index (χ0v) is 85.8. The Morgan fingerprint density at radius 1 is 0.474 bits per heavy atom. The van der Waals surface area contributed by atoms with Gasteiger partial charge in [0.2, 0.25) is 6.34 Å². The van der Waals surface area contributed by atoms with Crippen LogP contribution in [-0.2, 0) is 36.5 Å². The number of ether oxygens (including phenoxy) is 6. The number of nitrogens with zero attached hydrogens (tertiary/aromatic N) is 17. The average Bonchev–Trinajstić information content (AvgIpc) is 1.64. The van der Waals surface area contributed by atoms with Crippen LogP contribution in [0.4, 0.5) is 40.2 Å². The minimum atomic E-state index is -1.27. The molecule has 0 aliphatic carbocycles. The molecule has 4 unspecified atom stereocenters. The van der Waals surface area contributed by atoms with Gasteiger partial charge < -0.3 is 107 Å². The first kappa shape index (κ1) is 107. The van der Waals surface area contributed by atoms with E-state index in [9.17, 15) is 51.1 Å². The van der Waals surface area contributed by atoms with Crippen LogP contribution in [0.3, 0.4) is 0 Å². The Morgan fingerprint density at radius 3 is 1.30 bits per heavy atom. The van der Waals surface area contributed by atoms with Gasteiger partial charge >= 0.3 is 11.8 Å². The SMILES string of the molecule is C=P(C)(C)CC[C@H]1OC(=[N+]2C=Nc3c(NC/C=C(/C)CC)nc(OC)nc32)[C@H](O)[C@@H]1O.C=P(C)(C)CC[C@H]1OC(n2c(C)nc3c(N)ccnc32)[C@H](O)[C@@H]1O.C=P(C)(C)CC[C@H]1OC(n2c(CC)nc3c(N)ccnc32)[C@H](O)[C@@H]1O.C=P(C)(C)CC[C@H]1OC(n2c(CCC)nc3c(N)ccnc32)[C@H](O)[C@@H]1O.C=P(C)(C)CC[C@H]1OC(n2cnc3c(NC/C=C(/C)CC)ncnc32)[C@H](O)[C@@H]1O. The number of methoxy groups -OCH3 is 1. The van der Waals surface area contributed by atoms with Gasteiger partial charge in [-0.05, 0) is 193 Å². The molecule has 5 fully saturated rings. The Balaban J connectivity index is 0.000000163. The molecule has 6 aliphatic rings. The number of aliphatic hydroxyl groups is 10. The molecule has 135 heavy (non-hydrogen) atoms. The third-order valence-electron chi connectivity index (χ3n) is 24.4. The summed E-state index contributed by atoms with van der Waals surface area (Å²) in [6.07, 6.45) is 31.2. The fourth-order valence-electron chi connectivity index (χ4n) is 16.3. The molecule has 0 aromatic carbocycles. The van der Waals surface area contributed by atoms with Crippen LogP contribution >= 0.6 is 34.4 Å². The van der Waals surface area contributed by atoms with Crippen molar-refractivity contribution < 1.29 is 84.1 Å². The van der Waals surface area contributed by atoms with Crippen molar-refractivity contribution in [2.24, 2.45) is 4.99 Å². The molecule has 9 aromatic rings. The second kappa shape index (κ2) is 45.4. The molecule has 6 aliphatic heterocycles. The summed E-state index contributed by atoms with van der Waals surface area (Å²) >= 11 is 0. The van der Waals surface area contributed by atoms with Crippen molar-refractivity contribution in [1.82, 2.24) is 73.1 Å². The van der Waals surface area contributed by atoms with Crippen molar-refractivity contribution in [3.63, 3.8) is 0 Å². The van der Waals surface area contributed by atoms with Crippen LogP contribution in [0.2, 0.25) is 0 Å². The number of aliphatic imine (C=N–C) groups is 1. The van der Waals surface area contributed by atoms with Crippen molar-refractivity contribution in [2.45, 2.75) is 229 Å². The van der Waals surface area contributed by atoms with Crippen molar-refractivity contribution in [1.29, 1.82) is 0 Å². The van der Waals surface area contributed by atoms with Gasteiger partial charge in [-0.3, -0.25) is 18.3 Å². The van der Waals surface area contributed by atoms with Gasteiger partial charge in [-0.15, -0.1) is 65.9 Å². The Kier molecular flexibility index (Phi) is 36.1. The number of nitrogens with one attached hydrogen (secondary N) is 2. The minimum absolute atomic E-state index is 0.168. The van der Waals surface area contributed by atoms with Gasteiger partial charge in [0.25, 0.3) is 11.6 Å². The first-order chi connectivity index (χ1) is 63.5. The number of aryl methyl sites for hydroxylation is 3. The molecule has 0 bridgehead atoms. The average molecular weight is 1970 g/mol. The largest absolute Gasteiger partial charge is 0.463 e. The molecule has 15 rings (SSSR count). The van der Waals surface area contributed by atoms with E-state index in [0.717, 1.165) is 61.7 Å². The molecular formula is C92H146N22O16P5+. The number of aliphatic hydroxyl groups excluding tert-OH is 10. The lowest BCUT2D eigenvalue weighted by Gasteiger charge is -2.20. The number of fused-ring (bicyclic) bond motifs is 5. The number of imidazole rings is 4. The number of nitrogens with two attached hydrogens (primary N) is 3. The number of pyridine rings is 3. The summed E-state index contributed by atoms with van der Waals surface area (Å²) in [4.78, 5) is 52.9. The molecule has 15 heterocycles. The number of rotatable bonds is 31. The van der Waals surface area contributed by atoms with Gasteiger partial charge in [0.05, 0.1) is 54.9 Å². The molecule has 0 amide bonds. The van der Waals surface area contributed by atoms with Crippen molar-refractivity contribution >= 4 is 163 Å². The first-order valence-corrected chi connectivity index (χ1v) is 61.2. The van der Waals surface area contributed by atoms with Crippen LogP contribution in [0.25, 0.3) is 44.7 Å². The van der Waals surface area contributed by atoms with Crippen molar-refractivity contribution in [2.75, 3.05) is 145 Å². The highest BCUT2D eigenvalue weighted by Crippen LogP contribution is 2.47. The lowest BCUT2D eigenvalue weighted by Crippen LogP contribution is -2.33. The first-order valence-electron chi connectivity index (χ1n) is 45.9. The van der Waals surface area contributed by atoms with Crippen LogP contribution in [0, 0.1) is 6.92 Å². The van der Waals surface area contributed by atoms with Crippen LogP contribution in [0.15, 0.2) is 77.7 Å². The van der Waals surface area contributed by atoms with Gasteiger partial charge in [-0.1, -0.05) is 56.0 Å². The summed E-state index contributed by atoms with van der Waals surface area (Å²) < 4.78 is 43.9. The van der Waals surface area contributed by atoms with E-state index in [0.29, 0.717) is 149 Å². The Bertz CT molecular complexity index is 5990. The second-order valence-electron chi connectivity index (χ2n) is 39.0. The summed E-state index contributed by atoms with van der Waals surface area (Å²) in [5.74, 6) is 3.90. The summed E-state index contributed by atoms with van der Waals surface area (Å²) in [6.45, 7) is 30.7. The molecule has 18 N–H and O–H groups in total. The zero-order valence-electron chi connectivity index (χ0n) is 81.4. The van der Waals surface area contributed by atoms with E-state index in [1.807, 2.05) is 13.8 Å². The normalized spacial score (nSPS) is 26.5. The third kappa shape index (κ3) is 26.3. The van der Waals surface area contributed by atoms with Crippen molar-refractivity contribution in [3.8, 4) is 6.01 Å². The second-order valence-corrected chi connectivity index (χ2v) is 60.6. The standard InChI is InChI=1S/C21H33N5O4P.C20H32N5O3P.C18H29N4O3P.C17H27N4O3P.C16H25N4O3P/c1-7-13(2)8-10-22-18-15-19(25-21(24-18)29-3)26(12-23-15)20-17(28)16(27)14(30-20)9-11-31(4,5)6;1-6-13(2)7-9-21-18-15-19(23-11-22-18)25(12-24-15)20-17(27)16(26)14(28-20)8-10-29(3,4)5;1-5-6-13-21-14-11(19)7-9-20-17(14)22(13)18-16(24)15(23)12(25-18)8-10-26(2,3)4;1-5-12-20-13-10(18)6-8-19-16(13)21(12)17-15(23)14(22)11(24-17)7-9-25(2,3)4;1-9-19-12-10(17)5-7-18-15(12)20(9)16-14(22)13(21)11(23-16)6-8-24(2,3)4/h8,12,14,16-17,27-28H,4,7,9-11H2,1-3,5-6H3,(H,22,24,25);7,11-12,14,16-17,20,26-27H,3,6,8-10H2,1-2,4-5H3,(H,21,22,23);7,9,12,15-16,18,23-24H,2,5-6,8,10H2,1,3-4H3,(H2,19,20);6,8,11,14-15,17,22-23H,2,5,7,9H2,1,3-4H3,(H2,18,19);5,7,11,13-14,16,21-22H,2,6,8H2,1,3-4H3,(H2,17,18)/q+1;;;;/b13-8-,26-20?;13-7-;;;/t14-,16-,17-;14-,16-,17-,20?;12-,15-,16-,18?;11-,14-,15-,17?;11-,13-,14-,16?/m11111/s1. The quantitative estimate of drug-likeness (QED) is 0.0110. The fourth-order valence-corrected chi connectivity index (χ4v) is 21.0. The third-order valence-corrected chi connectivity index (χ3v) is 31.7. The molecule has 9 aromatic heterocycles. The number of aromatic nitrogens is 15. The van der Waals surface area contributed by atoms with E-state index in [-0.39, 0.29) is 11.9 Å². The minimum Gasteiger partial charge on any atom is -0.463 e. The number of hydrogen-bond acceptors (Lipinski definition) is 33. The highest BCUT2D eigenvalue weighted by atomic mass is 31.2. The number of anilines is 5. The highest BCUT2D eigenvalue weighted by molar-refractivity contribution is 7.73. The van der Waals surface area contributed by atoms with E-state index >= 15 is 0 Å². The predicted molar refractivity (Wildman–Crippen MR) is 553 cm³/mol. The molecule has 43 heteroatoms. The molecular weight excluding hydrogens is 1820 g/mol. The Morgan fingerprint density at radius 2 is 0.874 bits per heavy atom. The molecule has 0 radical (unpaired) electrons. The molecule has 19 atom stereocenters. The maximum atomic E-state index is 10.7. The van der Waals surface area contributed by atoms with Gasteiger partial charge in [0, 0.05) is 44.5 Å². The Labute approximate surface area is 791 Å². The fraction of sp³-hybridized carbons (Fsp3) is 0.587. The summed E-state index contributed by atoms with van der Waals surface area (Å²) in [5, 5.41) is 112. The number of allylic oxidation sites excluding steroid dienone is 2. The topological polar surface area (TPSA) is 537 Å². The van der Waals surface area contributed by atoms with Crippen LogP contribution in [0.1, 0.15) is 135 Å². The monoisotopic (exact) mass is 1970 g/mol. The van der Waals surface area contributed by atoms with Crippen LogP contribution in [-0.4, -0.2) is 382 Å². The van der Waals surface area contributed by atoms with E-state index in [2.05, 4.69) is 215 Å². The molecule has 744 valence electrons. The summed E-state index contributed by atoms with van der Waals surface area (Å²) in [7, 11) is 1.49. The van der Waals surface area contributed by atoms with Gasteiger partial charge in [-0.2, -0.15) is 9.56 Å². The Hall–Kier alpha value is -8.15. The van der Waals surface area contributed by atoms with Crippen LogP contribution < -0.4 is 32.6 Å². The predicted octanol–water partition coefficient (Wildman–Crippen LogP) is 8.52. The molecule has 5 saturated heterocycles. The lowest BCUT2D eigenvalue weighted by molar-refractivity contribution is -0.313. The van der Waals surface area contributed by atoms with Crippen molar-refractivity contribution in [3.05, 3.63) is 90.2 Å². The van der Waals surface area contributed by atoms with E-state index in [4.69, 9.17) is 45.6 Å². The zero-order chi connectivity index (χ0) is 99.0. The van der Waals surface area contributed by atoms with E-state index < -0.39 is 151 Å². The van der Waals surface area contributed by atoms with E-state index in [1.165, 1.54) is 30.9 Å². The maximum absolute atomic E-state index is 10.7. The lowest BCUT2D eigenvalue weighted by atomic mass is 10.1. The van der Waals surface area contributed by atoms with Gasteiger partial charge in [-0.25, -0.2) is 44.9 Å². The van der Waals surface area contributed by atoms with Crippen LogP contribution in [0.5, 0.6) is 6.01 Å². The number of nitrogen functional groups attached to an aromatic ring is 3. The molecule has 0 spiro atoms. The van der Waals surface area contributed by atoms with E-state index in [1.54, 1.807) is 66.0 Å². The smallest absolute Gasteiger partial charge is 0.397 e. The summed E-state index contributed by atoms with van der Waals surface area (Å²) in [6, 6.07) is 5.26.